The van der Waals surface area contributed by atoms with E-state index in [9.17, 15) is 4.79 Å². The molecule has 112 valence electrons. The second-order valence-corrected chi connectivity index (χ2v) is 4.88. The maximum absolute atomic E-state index is 12.1. The number of amides is 1. The average Bonchev–Trinajstić information content (AvgIpc) is 2.87. The Kier molecular flexibility index (Phi) is 4.54. The van der Waals surface area contributed by atoms with Gasteiger partial charge in [0.2, 0.25) is 5.91 Å². The minimum atomic E-state index is -0.210. The highest BCUT2D eigenvalue weighted by Gasteiger charge is 2.11. The minimum Gasteiger partial charge on any atom is -0.495 e. The highest BCUT2D eigenvalue weighted by Crippen LogP contribution is 2.25. The minimum absolute atomic E-state index is 0.0663. The maximum atomic E-state index is 12.1. The largest absolute Gasteiger partial charge is 0.495 e. The fraction of sp³-hybridized carbons (Fsp3) is 0.357. The second-order valence-electron chi connectivity index (χ2n) is 4.88. The van der Waals surface area contributed by atoms with Gasteiger partial charge in [0.1, 0.15) is 12.3 Å². The quantitative estimate of drug-likeness (QED) is 0.864. The van der Waals surface area contributed by atoms with Gasteiger partial charge in [-0.3, -0.25) is 4.79 Å². The number of anilines is 1. The molecule has 1 atom stereocenters. The Morgan fingerprint density at radius 3 is 2.90 bits per heavy atom. The predicted molar refractivity (Wildman–Crippen MR) is 79.0 cm³/mol. The van der Waals surface area contributed by atoms with Crippen LogP contribution in [0.1, 0.15) is 24.2 Å². The first-order valence-electron chi connectivity index (χ1n) is 6.59. The Labute approximate surface area is 123 Å². The van der Waals surface area contributed by atoms with Crippen molar-refractivity contribution in [1.82, 2.24) is 15.0 Å². The second kappa shape index (κ2) is 6.36. The molecule has 0 saturated carbocycles. The van der Waals surface area contributed by atoms with E-state index in [2.05, 4.69) is 15.6 Å². The molecule has 1 aromatic heterocycles. The number of ether oxygens (including phenoxy) is 1. The van der Waals surface area contributed by atoms with E-state index in [1.165, 1.54) is 4.68 Å². The zero-order valence-electron chi connectivity index (χ0n) is 12.3. The summed E-state index contributed by atoms with van der Waals surface area (Å²) in [4.78, 5) is 12.1. The number of carbonyl (C=O) groups is 1. The van der Waals surface area contributed by atoms with Crippen LogP contribution in [0.5, 0.6) is 5.75 Å². The van der Waals surface area contributed by atoms with Gasteiger partial charge in [-0.1, -0.05) is 11.3 Å². The van der Waals surface area contributed by atoms with Gasteiger partial charge in [0.25, 0.3) is 0 Å². The van der Waals surface area contributed by atoms with E-state index in [0.717, 1.165) is 5.56 Å². The third-order valence-corrected chi connectivity index (χ3v) is 2.96. The molecule has 0 bridgehead atoms. The number of aryl methyl sites for hydroxylation is 1. The van der Waals surface area contributed by atoms with E-state index in [0.29, 0.717) is 17.1 Å². The zero-order valence-corrected chi connectivity index (χ0v) is 12.3. The highest BCUT2D eigenvalue weighted by molar-refractivity contribution is 5.92. The molecule has 1 unspecified atom stereocenters. The van der Waals surface area contributed by atoms with Crippen molar-refractivity contribution in [3.05, 3.63) is 35.7 Å². The summed E-state index contributed by atoms with van der Waals surface area (Å²) in [6.07, 6.45) is 1.66. The number of hydrogen-bond acceptors (Lipinski definition) is 5. The van der Waals surface area contributed by atoms with Crippen LogP contribution < -0.4 is 15.8 Å². The molecule has 0 aliphatic carbocycles. The number of nitrogens with zero attached hydrogens (tertiary/aromatic N) is 3. The van der Waals surface area contributed by atoms with Crippen molar-refractivity contribution in [2.45, 2.75) is 26.4 Å². The van der Waals surface area contributed by atoms with Crippen LogP contribution >= 0.6 is 0 Å². The fourth-order valence-corrected chi connectivity index (χ4v) is 1.86. The van der Waals surface area contributed by atoms with Gasteiger partial charge in [0, 0.05) is 6.04 Å². The fourth-order valence-electron chi connectivity index (χ4n) is 1.86. The first-order valence-corrected chi connectivity index (χ1v) is 6.59. The Bertz CT molecular complexity index is 636. The number of aromatic nitrogens is 3. The van der Waals surface area contributed by atoms with Gasteiger partial charge in [-0.25, -0.2) is 4.68 Å². The molecule has 1 heterocycles. The number of carbonyl (C=O) groups excluding carboxylic acids is 1. The summed E-state index contributed by atoms with van der Waals surface area (Å²) in [6.45, 7) is 3.82. The molecule has 7 heteroatoms. The molecule has 0 spiro atoms. The molecule has 21 heavy (non-hydrogen) atoms. The van der Waals surface area contributed by atoms with Gasteiger partial charge in [0.15, 0.2) is 0 Å². The van der Waals surface area contributed by atoms with E-state index in [4.69, 9.17) is 10.5 Å². The molecule has 2 rings (SSSR count). The topological polar surface area (TPSA) is 95.1 Å². The molecule has 2 aromatic rings. The molecule has 0 saturated heterocycles. The normalized spacial score (nSPS) is 12.0. The Hall–Kier alpha value is -2.41. The first-order chi connectivity index (χ1) is 9.99. The summed E-state index contributed by atoms with van der Waals surface area (Å²) < 4.78 is 6.68. The number of hydrogen-bond donors (Lipinski definition) is 2. The van der Waals surface area contributed by atoms with Crippen LogP contribution in [0.4, 0.5) is 5.69 Å². The zero-order chi connectivity index (χ0) is 15.4. The monoisotopic (exact) mass is 289 g/mol. The van der Waals surface area contributed by atoms with Gasteiger partial charge < -0.3 is 15.8 Å². The highest BCUT2D eigenvalue weighted by atomic mass is 16.5. The van der Waals surface area contributed by atoms with Crippen LogP contribution in [0.3, 0.4) is 0 Å². The van der Waals surface area contributed by atoms with Crippen molar-refractivity contribution in [3.8, 4) is 5.75 Å². The number of rotatable bonds is 5. The number of methoxy groups -OCH3 is 1. The maximum Gasteiger partial charge on any atom is 0.246 e. The smallest absolute Gasteiger partial charge is 0.246 e. The van der Waals surface area contributed by atoms with E-state index in [1.54, 1.807) is 13.3 Å². The van der Waals surface area contributed by atoms with Gasteiger partial charge in [0.05, 0.1) is 24.7 Å². The summed E-state index contributed by atoms with van der Waals surface area (Å²) in [5.41, 5.74) is 8.02. The Balaban J connectivity index is 2.06. The summed E-state index contributed by atoms with van der Waals surface area (Å²) >= 11 is 0. The van der Waals surface area contributed by atoms with Gasteiger partial charge >= 0.3 is 0 Å². The lowest BCUT2D eigenvalue weighted by Crippen LogP contribution is -2.19. The van der Waals surface area contributed by atoms with E-state index >= 15 is 0 Å². The average molecular weight is 289 g/mol. The number of nitrogens with one attached hydrogen (secondary N) is 1. The summed E-state index contributed by atoms with van der Waals surface area (Å²) in [6, 6.07) is 5.37. The van der Waals surface area contributed by atoms with Gasteiger partial charge in [-0.05, 0) is 31.5 Å². The van der Waals surface area contributed by atoms with Crippen LogP contribution in [-0.2, 0) is 11.3 Å². The predicted octanol–water partition coefficient (Wildman–Crippen LogP) is 1.25. The molecule has 3 N–H and O–H groups in total. The molecule has 0 radical (unpaired) electrons. The SMILES string of the molecule is COc1ccc(C)cc1NC(=O)Cn1cc(C(C)N)nn1. The van der Waals surface area contributed by atoms with Crippen molar-refractivity contribution in [2.75, 3.05) is 12.4 Å². The van der Waals surface area contributed by atoms with Crippen LogP contribution in [-0.4, -0.2) is 28.0 Å². The lowest BCUT2D eigenvalue weighted by atomic mass is 10.2. The van der Waals surface area contributed by atoms with E-state index < -0.39 is 0 Å². The van der Waals surface area contributed by atoms with E-state index in [1.807, 2.05) is 32.0 Å². The lowest BCUT2D eigenvalue weighted by molar-refractivity contribution is -0.116. The van der Waals surface area contributed by atoms with Crippen molar-refractivity contribution in [2.24, 2.45) is 5.73 Å². The van der Waals surface area contributed by atoms with Crippen LogP contribution in [0.2, 0.25) is 0 Å². The van der Waals surface area contributed by atoms with E-state index in [-0.39, 0.29) is 18.5 Å². The van der Waals surface area contributed by atoms with Crippen LogP contribution in [0, 0.1) is 6.92 Å². The molecule has 1 amide bonds. The van der Waals surface area contributed by atoms with Gasteiger partial charge in [-0.2, -0.15) is 0 Å². The molecule has 0 fully saturated rings. The lowest BCUT2D eigenvalue weighted by Gasteiger charge is -2.10. The Morgan fingerprint density at radius 1 is 1.52 bits per heavy atom. The molecule has 1 aromatic carbocycles. The summed E-state index contributed by atoms with van der Waals surface area (Å²) in [5.74, 6) is 0.406. The van der Waals surface area contributed by atoms with Crippen molar-refractivity contribution < 1.29 is 9.53 Å². The molecule has 0 aliphatic heterocycles. The molecule has 7 nitrogen and oxygen atoms in total. The van der Waals surface area contributed by atoms with Crippen LogP contribution in [0.15, 0.2) is 24.4 Å². The van der Waals surface area contributed by atoms with Crippen LogP contribution in [0.25, 0.3) is 0 Å². The number of benzene rings is 1. The molecular weight excluding hydrogens is 270 g/mol. The van der Waals surface area contributed by atoms with Gasteiger partial charge in [-0.15, -0.1) is 5.10 Å². The summed E-state index contributed by atoms with van der Waals surface area (Å²) in [7, 11) is 1.56. The third-order valence-electron chi connectivity index (χ3n) is 2.96. The molecule has 0 aliphatic rings. The molecular formula is C14H19N5O2. The first kappa shape index (κ1) is 15.0. The Morgan fingerprint density at radius 2 is 2.29 bits per heavy atom. The summed E-state index contributed by atoms with van der Waals surface area (Å²) in [5, 5.41) is 10.6. The number of nitrogens with two attached hydrogens (primary N) is 1. The third kappa shape index (κ3) is 3.79. The van der Waals surface area contributed by atoms with Crippen molar-refractivity contribution >= 4 is 11.6 Å². The van der Waals surface area contributed by atoms with Crippen molar-refractivity contribution in [1.29, 1.82) is 0 Å². The van der Waals surface area contributed by atoms with Crippen molar-refractivity contribution in [3.63, 3.8) is 0 Å². The standard InChI is InChI=1S/C14H19N5O2/c1-9-4-5-13(21-3)11(6-9)16-14(20)8-19-7-12(10(2)15)17-18-19/h4-7,10H,8,15H2,1-3H3,(H,16,20).